The molecule has 0 aliphatic carbocycles. The fourth-order valence-electron chi connectivity index (χ4n) is 1.54. The van der Waals surface area contributed by atoms with E-state index in [1.54, 1.807) is 0 Å². The molecule has 0 heterocycles. The van der Waals surface area contributed by atoms with Crippen LogP contribution in [0.25, 0.3) is 0 Å². The second kappa shape index (κ2) is 11.1. The molecule has 1 atom stereocenters. The van der Waals surface area contributed by atoms with Gasteiger partial charge < -0.3 is 9.64 Å². The van der Waals surface area contributed by atoms with Gasteiger partial charge in [-0.15, -0.1) is 0 Å². The van der Waals surface area contributed by atoms with Crippen LogP contribution >= 0.6 is 22.6 Å². The highest BCUT2D eigenvalue weighted by Crippen LogP contribution is 2.04. The molecule has 0 rings (SSSR count). The van der Waals surface area contributed by atoms with Gasteiger partial charge in [0.2, 0.25) is 0 Å². The van der Waals surface area contributed by atoms with E-state index in [-0.39, 0.29) is 0 Å². The first-order valence-corrected chi connectivity index (χ1v) is 7.63. The standard InChI is InChI=1S/C12H26INO/c1-4-6-14(11-12(3)10-13)7-9-15-8-5-2/h12H,4-11H2,1-3H3/t12-/m1/s1. The number of nitrogens with zero attached hydrogens (tertiary/aromatic N) is 1. The van der Waals surface area contributed by atoms with Crippen molar-refractivity contribution in [2.75, 3.05) is 37.3 Å². The quantitative estimate of drug-likeness (QED) is 0.347. The average molecular weight is 327 g/mol. The van der Waals surface area contributed by atoms with E-state index in [1.807, 2.05) is 0 Å². The fourth-order valence-corrected chi connectivity index (χ4v) is 1.82. The third-order valence-corrected chi connectivity index (χ3v) is 3.78. The number of hydrogen-bond donors (Lipinski definition) is 0. The van der Waals surface area contributed by atoms with E-state index in [4.69, 9.17) is 4.74 Å². The van der Waals surface area contributed by atoms with Crippen LogP contribution in [0.4, 0.5) is 0 Å². The monoisotopic (exact) mass is 327 g/mol. The largest absolute Gasteiger partial charge is 0.380 e. The molecule has 92 valence electrons. The van der Waals surface area contributed by atoms with E-state index in [2.05, 4.69) is 48.3 Å². The molecule has 0 saturated heterocycles. The summed E-state index contributed by atoms with van der Waals surface area (Å²) in [5, 5.41) is 0. The zero-order valence-electron chi connectivity index (χ0n) is 10.5. The van der Waals surface area contributed by atoms with Crippen molar-refractivity contribution >= 4 is 22.6 Å². The van der Waals surface area contributed by atoms with Crippen LogP contribution < -0.4 is 0 Å². The molecule has 0 aromatic rings. The van der Waals surface area contributed by atoms with Gasteiger partial charge >= 0.3 is 0 Å². The maximum absolute atomic E-state index is 5.53. The fraction of sp³-hybridized carbons (Fsp3) is 1.00. The summed E-state index contributed by atoms with van der Waals surface area (Å²) < 4.78 is 6.78. The molecule has 0 aromatic carbocycles. The molecule has 0 N–H and O–H groups in total. The van der Waals surface area contributed by atoms with Crippen LogP contribution in [-0.4, -0.2) is 42.2 Å². The molecule has 0 aromatic heterocycles. The Labute approximate surface area is 109 Å². The van der Waals surface area contributed by atoms with Crippen molar-refractivity contribution in [3.63, 3.8) is 0 Å². The Balaban J connectivity index is 3.62. The molecule has 0 fully saturated rings. The van der Waals surface area contributed by atoms with E-state index in [0.29, 0.717) is 0 Å². The van der Waals surface area contributed by atoms with Crippen molar-refractivity contribution in [3.05, 3.63) is 0 Å². The Morgan fingerprint density at radius 2 is 1.87 bits per heavy atom. The Bertz CT molecular complexity index is 133. The molecule has 15 heavy (non-hydrogen) atoms. The van der Waals surface area contributed by atoms with Gasteiger partial charge in [-0.05, 0) is 25.3 Å². The normalized spacial score (nSPS) is 13.4. The second-order valence-electron chi connectivity index (χ2n) is 4.17. The predicted molar refractivity (Wildman–Crippen MR) is 75.9 cm³/mol. The van der Waals surface area contributed by atoms with Crippen LogP contribution in [0.2, 0.25) is 0 Å². The van der Waals surface area contributed by atoms with Gasteiger partial charge in [0, 0.05) is 24.1 Å². The Morgan fingerprint density at radius 3 is 2.40 bits per heavy atom. The Morgan fingerprint density at radius 1 is 1.13 bits per heavy atom. The van der Waals surface area contributed by atoms with Gasteiger partial charge in [-0.25, -0.2) is 0 Å². The molecule has 0 spiro atoms. The zero-order chi connectivity index (χ0) is 11.5. The summed E-state index contributed by atoms with van der Waals surface area (Å²) in [5.74, 6) is 0.795. The second-order valence-corrected chi connectivity index (χ2v) is 5.05. The highest BCUT2D eigenvalue weighted by Gasteiger charge is 2.08. The zero-order valence-corrected chi connectivity index (χ0v) is 12.6. The van der Waals surface area contributed by atoms with Crippen LogP contribution in [0.3, 0.4) is 0 Å². The van der Waals surface area contributed by atoms with Gasteiger partial charge in [0.05, 0.1) is 6.61 Å². The van der Waals surface area contributed by atoms with Crippen LogP contribution in [0.15, 0.2) is 0 Å². The van der Waals surface area contributed by atoms with E-state index >= 15 is 0 Å². The van der Waals surface area contributed by atoms with Gasteiger partial charge in [-0.1, -0.05) is 43.4 Å². The smallest absolute Gasteiger partial charge is 0.0593 e. The lowest BCUT2D eigenvalue weighted by atomic mass is 10.2. The van der Waals surface area contributed by atoms with Crippen LogP contribution in [0, 0.1) is 5.92 Å². The summed E-state index contributed by atoms with van der Waals surface area (Å²) in [5.41, 5.74) is 0. The van der Waals surface area contributed by atoms with Gasteiger partial charge in [0.1, 0.15) is 0 Å². The molecule has 0 unspecified atom stereocenters. The van der Waals surface area contributed by atoms with E-state index in [0.717, 1.165) is 32.1 Å². The number of ether oxygens (including phenoxy) is 1. The molecule has 0 radical (unpaired) electrons. The first-order valence-electron chi connectivity index (χ1n) is 6.10. The van der Waals surface area contributed by atoms with Gasteiger partial charge in [-0.3, -0.25) is 0 Å². The molecule has 0 amide bonds. The number of hydrogen-bond acceptors (Lipinski definition) is 2. The third kappa shape index (κ3) is 9.57. The molecular weight excluding hydrogens is 301 g/mol. The first kappa shape index (κ1) is 15.7. The lowest BCUT2D eigenvalue weighted by molar-refractivity contribution is 0.100. The van der Waals surface area contributed by atoms with Gasteiger partial charge in [-0.2, -0.15) is 0 Å². The van der Waals surface area contributed by atoms with Crippen molar-refractivity contribution in [1.82, 2.24) is 4.90 Å². The highest BCUT2D eigenvalue weighted by atomic mass is 127. The van der Waals surface area contributed by atoms with E-state index in [1.165, 1.54) is 23.9 Å². The van der Waals surface area contributed by atoms with E-state index < -0.39 is 0 Å². The van der Waals surface area contributed by atoms with Gasteiger partial charge in [0.15, 0.2) is 0 Å². The number of alkyl halides is 1. The SMILES string of the molecule is CCCOCCN(CCC)C[C@H](C)CI. The van der Waals surface area contributed by atoms with Crippen molar-refractivity contribution in [2.45, 2.75) is 33.6 Å². The van der Waals surface area contributed by atoms with Crippen LogP contribution in [0.1, 0.15) is 33.6 Å². The summed E-state index contributed by atoms with van der Waals surface area (Å²) in [6.07, 6.45) is 2.36. The van der Waals surface area contributed by atoms with Crippen molar-refractivity contribution in [3.8, 4) is 0 Å². The molecule has 0 aliphatic rings. The topological polar surface area (TPSA) is 12.5 Å². The Kier molecular flexibility index (Phi) is 11.6. The summed E-state index contributed by atoms with van der Waals surface area (Å²) in [6.45, 7) is 12.0. The third-order valence-electron chi connectivity index (χ3n) is 2.27. The minimum absolute atomic E-state index is 0.795. The number of halogens is 1. The van der Waals surface area contributed by atoms with E-state index in [9.17, 15) is 0 Å². The first-order chi connectivity index (χ1) is 7.24. The van der Waals surface area contributed by atoms with Crippen molar-refractivity contribution < 1.29 is 4.74 Å². The molecular formula is C12H26INO. The molecule has 0 aliphatic heterocycles. The summed E-state index contributed by atoms with van der Waals surface area (Å²) in [6, 6.07) is 0. The van der Waals surface area contributed by atoms with Crippen molar-refractivity contribution in [2.24, 2.45) is 5.92 Å². The predicted octanol–water partition coefficient (Wildman–Crippen LogP) is 3.20. The van der Waals surface area contributed by atoms with Crippen LogP contribution in [-0.2, 0) is 4.74 Å². The maximum atomic E-state index is 5.53. The minimum atomic E-state index is 0.795. The summed E-state index contributed by atoms with van der Waals surface area (Å²) >= 11 is 2.47. The molecule has 0 saturated carbocycles. The summed E-state index contributed by atoms with van der Waals surface area (Å²) in [7, 11) is 0. The Hall–Kier alpha value is 0.650. The number of rotatable bonds is 10. The van der Waals surface area contributed by atoms with Gasteiger partial charge in [0.25, 0.3) is 0 Å². The lowest BCUT2D eigenvalue weighted by Crippen LogP contribution is -2.33. The maximum Gasteiger partial charge on any atom is 0.0593 e. The van der Waals surface area contributed by atoms with Crippen molar-refractivity contribution in [1.29, 1.82) is 0 Å². The van der Waals surface area contributed by atoms with Crippen LogP contribution in [0.5, 0.6) is 0 Å². The highest BCUT2D eigenvalue weighted by molar-refractivity contribution is 14.1. The summed E-state index contributed by atoms with van der Waals surface area (Å²) in [4.78, 5) is 2.53. The molecule has 3 heteroatoms. The molecule has 2 nitrogen and oxygen atoms in total. The molecule has 0 bridgehead atoms. The minimum Gasteiger partial charge on any atom is -0.380 e. The lowest BCUT2D eigenvalue weighted by Gasteiger charge is -2.24. The average Bonchev–Trinajstić information content (AvgIpc) is 2.24.